The molecule has 1 amide bonds. The lowest BCUT2D eigenvalue weighted by Crippen LogP contribution is -2.14. The Labute approximate surface area is 160 Å². The molecule has 10 nitrogen and oxygen atoms in total. The van der Waals surface area contributed by atoms with Crippen LogP contribution in [0.25, 0.3) is 11.5 Å². The molecule has 0 aliphatic heterocycles. The molecule has 0 unspecified atom stereocenters. The molecule has 2 N–H and O–H groups in total. The molecule has 0 bridgehead atoms. The van der Waals surface area contributed by atoms with Gasteiger partial charge in [-0.05, 0) is 38.0 Å². The van der Waals surface area contributed by atoms with E-state index in [0.717, 1.165) is 28.5 Å². The molecule has 142 valence electrons. The lowest BCUT2D eigenvalue weighted by Gasteiger charge is -2.10. The van der Waals surface area contributed by atoms with Gasteiger partial charge in [-0.15, -0.1) is 0 Å². The van der Waals surface area contributed by atoms with E-state index in [1.807, 2.05) is 26.0 Å². The van der Waals surface area contributed by atoms with Gasteiger partial charge < -0.3 is 5.73 Å². The van der Waals surface area contributed by atoms with Crippen molar-refractivity contribution in [1.82, 2.24) is 39.3 Å². The Hall–Kier alpha value is -3.69. The van der Waals surface area contributed by atoms with Crippen LogP contribution in [0.4, 0.5) is 0 Å². The van der Waals surface area contributed by atoms with Gasteiger partial charge in [0.25, 0.3) is 5.78 Å². The topological polar surface area (TPSA) is 130 Å². The number of rotatable bonds is 6. The van der Waals surface area contributed by atoms with E-state index in [2.05, 4.69) is 30.1 Å². The summed E-state index contributed by atoms with van der Waals surface area (Å²) in [6, 6.07) is 3.68. The molecule has 0 atom stereocenters. The first-order valence-electron chi connectivity index (χ1n) is 8.82. The smallest absolute Gasteiger partial charge is 0.252 e. The highest BCUT2D eigenvalue weighted by molar-refractivity contribution is 5.75. The van der Waals surface area contributed by atoms with Crippen LogP contribution >= 0.6 is 0 Å². The van der Waals surface area contributed by atoms with Crippen molar-refractivity contribution in [3.8, 4) is 5.69 Å². The third-order valence-electron chi connectivity index (χ3n) is 4.54. The zero-order valence-electron chi connectivity index (χ0n) is 15.6. The third kappa shape index (κ3) is 3.31. The first-order valence-corrected chi connectivity index (χ1v) is 8.82. The Morgan fingerprint density at radius 2 is 1.93 bits per heavy atom. The molecule has 0 saturated carbocycles. The monoisotopic (exact) mass is 377 g/mol. The number of pyridine rings is 1. The molecule has 0 radical (unpaired) electrons. The minimum absolute atomic E-state index is 0.00435. The van der Waals surface area contributed by atoms with Gasteiger partial charge in [-0.2, -0.15) is 15.2 Å². The zero-order chi connectivity index (χ0) is 19.7. The summed E-state index contributed by atoms with van der Waals surface area (Å²) in [6.45, 7) is 3.96. The molecular formula is C18H19N9O. The van der Waals surface area contributed by atoms with Crippen molar-refractivity contribution in [3.63, 3.8) is 0 Å². The van der Waals surface area contributed by atoms with Gasteiger partial charge in [-0.3, -0.25) is 9.78 Å². The molecule has 0 saturated heterocycles. The van der Waals surface area contributed by atoms with Crippen molar-refractivity contribution >= 4 is 11.7 Å². The molecule has 10 heteroatoms. The van der Waals surface area contributed by atoms with Crippen molar-refractivity contribution in [3.05, 3.63) is 59.5 Å². The highest BCUT2D eigenvalue weighted by Gasteiger charge is 2.16. The summed E-state index contributed by atoms with van der Waals surface area (Å²) in [4.78, 5) is 28.5. The molecule has 0 aromatic carbocycles. The first-order chi connectivity index (χ1) is 13.5. The van der Waals surface area contributed by atoms with Crippen LogP contribution in [0.15, 0.2) is 30.9 Å². The average Bonchev–Trinajstić information content (AvgIpc) is 3.28. The maximum absolute atomic E-state index is 11.3. The van der Waals surface area contributed by atoms with Crippen LogP contribution in [0.5, 0.6) is 0 Å². The van der Waals surface area contributed by atoms with E-state index in [1.54, 1.807) is 21.6 Å². The summed E-state index contributed by atoms with van der Waals surface area (Å²) in [5, 5.41) is 8.68. The fraction of sp³-hybridized carbons (Fsp3) is 0.278. The van der Waals surface area contributed by atoms with Crippen LogP contribution in [0, 0.1) is 13.8 Å². The first kappa shape index (κ1) is 17.7. The number of primary amides is 1. The minimum atomic E-state index is -0.467. The van der Waals surface area contributed by atoms with Gasteiger partial charge in [-0.25, -0.2) is 19.2 Å². The van der Waals surface area contributed by atoms with Crippen LogP contribution in [-0.2, 0) is 24.1 Å². The highest BCUT2D eigenvalue weighted by Crippen LogP contribution is 2.17. The number of aromatic nitrogens is 8. The standard InChI is InChI=1S/C18H19N9O/c1-11-14(12(2)26-18(23-11)21-10-22-26)3-4-17-24-16(9-15(19)28)25-27(17)13-5-7-20-8-6-13/h5-8,10H,3-4,9H2,1-2H3,(H2,19,28). The predicted octanol–water partition coefficient (Wildman–Crippen LogP) is 0.530. The van der Waals surface area contributed by atoms with E-state index in [1.165, 1.54) is 6.33 Å². The van der Waals surface area contributed by atoms with E-state index in [4.69, 9.17) is 5.73 Å². The van der Waals surface area contributed by atoms with Crippen LogP contribution in [-0.4, -0.2) is 45.2 Å². The quantitative estimate of drug-likeness (QED) is 0.519. The van der Waals surface area contributed by atoms with Crippen molar-refractivity contribution < 1.29 is 4.79 Å². The summed E-state index contributed by atoms with van der Waals surface area (Å²) >= 11 is 0. The van der Waals surface area contributed by atoms with E-state index >= 15 is 0 Å². The molecule has 0 fully saturated rings. The van der Waals surface area contributed by atoms with Gasteiger partial charge in [-0.1, -0.05) is 0 Å². The fourth-order valence-corrected chi connectivity index (χ4v) is 3.23. The molecular weight excluding hydrogens is 358 g/mol. The van der Waals surface area contributed by atoms with E-state index < -0.39 is 5.91 Å². The molecule has 0 spiro atoms. The number of fused-ring (bicyclic) bond motifs is 1. The molecule has 0 aliphatic carbocycles. The number of hydrogen-bond acceptors (Lipinski definition) is 7. The molecule has 4 heterocycles. The SMILES string of the molecule is Cc1nc2ncnn2c(C)c1CCc1nc(CC(N)=O)nn1-c1ccncc1. The number of aryl methyl sites for hydroxylation is 3. The second-order valence-electron chi connectivity index (χ2n) is 6.44. The summed E-state index contributed by atoms with van der Waals surface area (Å²) < 4.78 is 3.46. The zero-order valence-corrected chi connectivity index (χ0v) is 15.6. The van der Waals surface area contributed by atoms with Crippen LogP contribution in [0.3, 0.4) is 0 Å². The lowest BCUT2D eigenvalue weighted by atomic mass is 10.1. The molecule has 4 aromatic rings. The second kappa shape index (κ2) is 7.14. The Balaban J connectivity index is 1.68. The molecule has 28 heavy (non-hydrogen) atoms. The average molecular weight is 377 g/mol. The number of nitrogens with zero attached hydrogens (tertiary/aromatic N) is 8. The van der Waals surface area contributed by atoms with Gasteiger partial charge in [0, 0.05) is 30.2 Å². The van der Waals surface area contributed by atoms with Crippen LogP contribution < -0.4 is 5.73 Å². The van der Waals surface area contributed by atoms with E-state index in [0.29, 0.717) is 24.4 Å². The number of hydrogen-bond donors (Lipinski definition) is 1. The van der Waals surface area contributed by atoms with Gasteiger partial charge in [0.1, 0.15) is 12.2 Å². The van der Waals surface area contributed by atoms with Crippen LogP contribution in [0.2, 0.25) is 0 Å². The summed E-state index contributed by atoms with van der Waals surface area (Å²) in [5.74, 6) is 1.26. The van der Waals surface area contributed by atoms with Crippen LogP contribution in [0.1, 0.15) is 28.6 Å². The largest absolute Gasteiger partial charge is 0.369 e. The minimum Gasteiger partial charge on any atom is -0.369 e. The van der Waals surface area contributed by atoms with Gasteiger partial charge in [0.05, 0.1) is 12.1 Å². The van der Waals surface area contributed by atoms with Crippen molar-refractivity contribution in [2.75, 3.05) is 0 Å². The fourth-order valence-electron chi connectivity index (χ4n) is 3.23. The van der Waals surface area contributed by atoms with E-state index in [-0.39, 0.29) is 6.42 Å². The van der Waals surface area contributed by atoms with Gasteiger partial charge in [0.2, 0.25) is 5.91 Å². The van der Waals surface area contributed by atoms with Crippen molar-refractivity contribution in [2.45, 2.75) is 33.1 Å². The normalized spacial score (nSPS) is 11.2. The van der Waals surface area contributed by atoms with Crippen molar-refractivity contribution in [2.24, 2.45) is 5.73 Å². The Morgan fingerprint density at radius 1 is 1.14 bits per heavy atom. The number of amides is 1. The highest BCUT2D eigenvalue weighted by atomic mass is 16.1. The lowest BCUT2D eigenvalue weighted by molar-refractivity contribution is -0.117. The number of nitrogens with two attached hydrogens (primary N) is 1. The molecule has 0 aliphatic rings. The third-order valence-corrected chi connectivity index (χ3v) is 4.54. The molecule has 4 rings (SSSR count). The Bertz CT molecular complexity index is 1150. The number of carbonyl (C=O) groups excluding carboxylic acids is 1. The summed E-state index contributed by atoms with van der Waals surface area (Å²) in [6.07, 6.45) is 6.17. The molecule has 4 aromatic heterocycles. The predicted molar refractivity (Wildman–Crippen MR) is 99.7 cm³/mol. The van der Waals surface area contributed by atoms with Gasteiger partial charge >= 0.3 is 0 Å². The van der Waals surface area contributed by atoms with Crippen molar-refractivity contribution in [1.29, 1.82) is 0 Å². The maximum atomic E-state index is 11.3. The van der Waals surface area contributed by atoms with E-state index in [9.17, 15) is 4.79 Å². The maximum Gasteiger partial charge on any atom is 0.252 e. The summed E-state index contributed by atoms with van der Waals surface area (Å²) in [7, 11) is 0. The number of carbonyl (C=O) groups is 1. The van der Waals surface area contributed by atoms with Gasteiger partial charge in [0.15, 0.2) is 5.82 Å². The Morgan fingerprint density at radius 3 is 2.68 bits per heavy atom. The summed E-state index contributed by atoms with van der Waals surface area (Å²) in [5.41, 5.74) is 9.12. The Kier molecular flexibility index (Phi) is 4.52. The second-order valence-corrected chi connectivity index (χ2v) is 6.44.